The molecule has 1 atom stereocenters. The number of alkyl halides is 3. The molecule has 1 unspecified atom stereocenters. The molecule has 3 aromatic rings. The van der Waals surface area contributed by atoms with E-state index in [9.17, 15) is 21.6 Å². The van der Waals surface area contributed by atoms with Gasteiger partial charge in [-0.15, -0.1) is 22.6 Å². The SMILES string of the molecule is Cl.O=S(=O)(Nc1nncs1)c1ccc2c(c1)OCCC2c1ccc(C(F)(F)F)cc1C1=CCNCC1. The molecule has 2 N–H and O–H groups in total. The second kappa shape index (κ2) is 10.4. The lowest BCUT2D eigenvalue weighted by molar-refractivity contribution is -0.137. The number of hydrogen-bond acceptors (Lipinski definition) is 7. The number of anilines is 1. The van der Waals surface area contributed by atoms with Gasteiger partial charge in [0.15, 0.2) is 0 Å². The molecule has 0 radical (unpaired) electrons. The molecule has 2 aromatic carbocycles. The summed E-state index contributed by atoms with van der Waals surface area (Å²) >= 11 is 1.06. The first-order valence-electron chi connectivity index (χ1n) is 10.9. The third-order valence-corrected chi connectivity index (χ3v) is 8.15. The van der Waals surface area contributed by atoms with Gasteiger partial charge in [-0.25, -0.2) is 8.42 Å². The molecule has 0 fully saturated rings. The lowest BCUT2D eigenvalue weighted by Gasteiger charge is -2.30. The summed E-state index contributed by atoms with van der Waals surface area (Å²) < 4.78 is 74.3. The standard InChI is InChI=1S/C23H21F3N4O3S2.ClH/c24-23(25,26)15-1-3-17(20(11-15)14-5-8-27-9-6-14)18-7-10-33-21-12-16(2-4-19(18)21)35(31,32)30-22-29-28-13-34-22;/h1-5,11-13,18,27H,6-10H2,(H,29,30);1H. The van der Waals surface area contributed by atoms with Crippen LogP contribution >= 0.6 is 23.7 Å². The third-order valence-electron chi connectivity index (χ3n) is 6.08. The van der Waals surface area contributed by atoms with Crippen LogP contribution in [0.25, 0.3) is 5.57 Å². The minimum absolute atomic E-state index is 0. The fourth-order valence-electron chi connectivity index (χ4n) is 4.43. The molecule has 2 aliphatic rings. The maximum absolute atomic E-state index is 13.5. The van der Waals surface area contributed by atoms with Crippen LogP contribution in [-0.4, -0.2) is 38.3 Å². The van der Waals surface area contributed by atoms with E-state index in [0.29, 0.717) is 43.9 Å². The van der Waals surface area contributed by atoms with Crippen LogP contribution in [0.3, 0.4) is 0 Å². The number of ether oxygens (including phenoxy) is 1. The highest BCUT2D eigenvalue weighted by Gasteiger charge is 2.33. The minimum atomic E-state index is -4.45. The summed E-state index contributed by atoms with van der Waals surface area (Å²) in [4.78, 5) is 0.000746. The molecule has 0 spiro atoms. The van der Waals surface area contributed by atoms with E-state index in [4.69, 9.17) is 4.74 Å². The Balaban J connectivity index is 0.00000304. The second-order valence-electron chi connectivity index (χ2n) is 8.22. The Kier molecular flexibility index (Phi) is 7.60. The van der Waals surface area contributed by atoms with Gasteiger partial charge in [-0.05, 0) is 54.3 Å². The smallest absolute Gasteiger partial charge is 0.416 e. The van der Waals surface area contributed by atoms with Crippen molar-refractivity contribution in [2.24, 2.45) is 0 Å². The van der Waals surface area contributed by atoms with Gasteiger partial charge in [0.05, 0.1) is 17.1 Å². The van der Waals surface area contributed by atoms with Crippen LogP contribution in [0, 0.1) is 0 Å². The largest absolute Gasteiger partial charge is 0.493 e. The number of fused-ring (bicyclic) bond motifs is 1. The summed E-state index contributed by atoms with van der Waals surface area (Å²) in [5.41, 5.74) is 3.69. The van der Waals surface area contributed by atoms with Crippen LogP contribution in [-0.2, 0) is 16.2 Å². The summed E-state index contributed by atoms with van der Waals surface area (Å²) in [6.07, 6.45) is -1.33. The number of halogens is 4. The first-order valence-corrected chi connectivity index (χ1v) is 13.3. The van der Waals surface area contributed by atoms with E-state index in [0.717, 1.165) is 34.1 Å². The Hall–Kier alpha value is -2.67. The zero-order valence-corrected chi connectivity index (χ0v) is 21.2. The molecule has 13 heteroatoms. The van der Waals surface area contributed by atoms with E-state index < -0.39 is 21.8 Å². The van der Waals surface area contributed by atoms with E-state index in [1.807, 2.05) is 6.08 Å². The number of nitrogens with one attached hydrogen (secondary N) is 2. The van der Waals surface area contributed by atoms with Gasteiger partial charge >= 0.3 is 6.18 Å². The molecule has 3 heterocycles. The molecule has 7 nitrogen and oxygen atoms in total. The summed E-state index contributed by atoms with van der Waals surface area (Å²) in [6.45, 7) is 1.60. The first-order chi connectivity index (χ1) is 16.7. The van der Waals surface area contributed by atoms with Gasteiger partial charge in [0.25, 0.3) is 10.0 Å². The molecule has 192 valence electrons. The maximum atomic E-state index is 13.5. The van der Waals surface area contributed by atoms with Crippen molar-refractivity contribution in [2.75, 3.05) is 24.4 Å². The second-order valence-corrected chi connectivity index (χ2v) is 10.7. The summed E-state index contributed by atoms with van der Waals surface area (Å²) in [5.74, 6) is 0.159. The van der Waals surface area contributed by atoms with Gasteiger partial charge < -0.3 is 10.1 Å². The molecular weight excluding hydrogens is 537 g/mol. The Morgan fingerprint density at radius 3 is 2.64 bits per heavy atom. The van der Waals surface area contributed by atoms with Gasteiger partial charge in [0.1, 0.15) is 11.3 Å². The average Bonchev–Trinajstić information content (AvgIpc) is 3.35. The number of aromatic nitrogens is 2. The van der Waals surface area contributed by atoms with Crippen molar-refractivity contribution >= 4 is 44.5 Å². The summed E-state index contributed by atoms with van der Waals surface area (Å²) in [5, 5.41) is 10.7. The van der Waals surface area contributed by atoms with E-state index in [1.165, 1.54) is 23.7 Å². The molecular formula is C23H22ClF3N4O3S2. The molecule has 5 rings (SSSR count). The number of benzene rings is 2. The van der Waals surface area contributed by atoms with Gasteiger partial charge in [-0.1, -0.05) is 29.5 Å². The molecule has 0 aliphatic carbocycles. The number of rotatable bonds is 5. The molecule has 2 aliphatic heterocycles. The summed E-state index contributed by atoms with van der Waals surface area (Å²) in [6, 6.07) is 8.47. The van der Waals surface area contributed by atoms with Crippen molar-refractivity contribution < 1.29 is 26.3 Å². The number of sulfonamides is 1. The van der Waals surface area contributed by atoms with Crippen LogP contribution in [0.2, 0.25) is 0 Å². The lowest BCUT2D eigenvalue weighted by atomic mass is 9.81. The van der Waals surface area contributed by atoms with Gasteiger partial charge in [-0.3, -0.25) is 4.72 Å². The first kappa shape index (κ1) is 26.4. The third kappa shape index (κ3) is 5.36. The van der Waals surface area contributed by atoms with Crippen LogP contribution in [0.15, 0.2) is 52.9 Å². The number of nitrogens with zero attached hydrogens (tertiary/aromatic N) is 2. The predicted molar refractivity (Wildman–Crippen MR) is 133 cm³/mol. The fraction of sp³-hybridized carbons (Fsp3) is 0.304. The highest BCUT2D eigenvalue weighted by atomic mass is 35.5. The van der Waals surface area contributed by atoms with Crippen molar-refractivity contribution in [3.63, 3.8) is 0 Å². The monoisotopic (exact) mass is 558 g/mol. The van der Waals surface area contributed by atoms with Crippen molar-refractivity contribution in [3.8, 4) is 5.75 Å². The van der Waals surface area contributed by atoms with Crippen molar-refractivity contribution in [1.82, 2.24) is 15.5 Å². The Morgan fingerprint density at radius 2 is 1.94 bits per heavy atom. The molecule has 1 aromatic heterocycles. The van der Waals surface area contributed by atoms with E-state index >= 15 is 0 Å². The van der Waals surface area contributed by atoms with Crippen LogP contribution < -0.4 is 14.8 Å². The van der Waals surface area contributed by atoms with Crippen molar-refractivity contribution in [2.45, 2.75) is 29.8 Å². The predicted octanol–water partition coefficient (Wildman–Crippen LogP) is 5.07. The molecule has 36 heavy (non-hydrogen) atoms. The van der Waals surface area contributed by atoms with E-state index in [2.05, 4.69) is 20.2 Å². The maximum Gasteiger partial charge on any atom is 0.416 e. The minimum Gasteiger partial charge on any atom is -0.493 e. The molecule has 0 saturated carbocycles. The van der Waals surface area contributed by atoms with Crippen LogP contribution in [0.5, 0.6) is 5.75 Å². The van der Waals surface area contributed by atoms with Gasteiger partial charge in [-0.2, -0.15) is 13.2 Å². The van der Waals surface area contributed by atoms with Crippen molar-refractivity contribution in [3.05, 3.63) is 70.2 Å². The summed E-state index contributed by atoms with van der Waals surface area (Å²) in [7, 11) is -3.91. The topological polar surface area (TPSA) is 93.2 Å². The van der Waals surface area contributed by atoms with Crippen molar-refractivity contribution in [1.29, 1.82) is 0 Å². The quantitative estimate of drug-likeness (QED) is 0.454. The zero-order valence-electron chi connectivity index (χ0n) is 18.7. The normalized spacial score (nSPS) is 17.9. The lowest BCUT2D eigenvalue weighted by Crippen LogP contribution is -2.22. The zero-order chi connectivity index (χ0) is 24.6. The van der Waals surface area contributed by atoms with Crippen LogP contribution in [0.1, 0.15) is 41.0 Å². The number of hydrogen-bond donors (Lipinski definition) is 2. The van der Waals surface area contributed by atoms with E-state index in [1.54, 1.807) is 12.1 Å². The fourth-order valence-corrected chi connectivity index (χ4v) is 6.14. The van der Waals surface area contributed by atoms with E-state index in [-0.39, 0.29) is 28.4 Å². The Bertz CT molecular complexity index is 1380. The Labute approximate surface area is 216 Å². The van der Waals surface area contributed by atoms with Crippen LogP contribution in [0.4, 0.5) is 18.3 Å². The molecule has 0 bridgehead atoms. The average molecular weight is 559 g/mol. The highest BCUT2D eigenvalue weighted by molar-refractivity contribution is 7.93. The van der Waals surface area contributed by atoms with Gasteiger partial charge in [0.2, 0.25) is 5.13 Å². The molecule has 0 amide bonds. The Morgan fingerprint density at radius 1 is 1.14 bits per heavy atom. The highest BCUT2D eigenvalue weighted by Crippen LogP contribution is 2.44. The van der Waals surface area contributed by atoms with Gasteiger partial charge in [0, 0.05) is 24.1 Å². The molecule has 0 saturated heterocycles.